The van der Waals surface area contributed by atoms with Gasteiger partial charge in [-0.05, 0) is 19.1 Å². The first-order valence-electron chi connectivity index (χ1n) is 6.15. The molecule has 20 heavy (non-hydrogen) atoms. The second kappa shape index (κ2) is 6.70. The van der Waals surface area contributed by atoms with Crippen LogP contribution in [0, 0.1) is 0 Å². The fourth-order valence-corrected chi connectivity index (χ4v) is 2.38. The Labute approximate surface area is 125 Å². The normalized spacial score (nSPS) is 13.3. The molecule has 0 aliphatic heterocycles. The number of rotatable bonds is 6. The average Bonchev–Trinajstić information content (AvgIpc) is 2.75. The maximum absolute atomic E-state index is 12.0. The summed E-state index contributed by atoms with van der Waals surface area (Å²) in [5.41, 5.74) is 1.48. The Bertz CT molecular complexity index is 587. The van der Waals surface area contributed by atoms with Crippen LogP contribution in [0.25, 0.3) is 11.0 Å². The SMILES string of the molecule is CC(Cl)c1nc2c(Cl)cccc2n1CCOCC(F)F. The number of aromatic nitrogens is 2. The van der Waals surface area contributed by atoms with E-state index in [9.17, 15) is 8.78 Å². The van der Waals surface area contributed by atoms with Crippen molar-refractivity contribution in [2.24, 2.45) is 0 Å². The van der Waals surface area contributed by atoms with Crippen LogP contribution in [0.15, 0.2) is 18.2 Å². The highest BCUT2D eigenvalue weighted by Gasteiger charge is 2.16. The first-order chi connectivity index (χ1) is 9.50. The van der Waals surface area contributed by atoms with Crippen molar-refractivity contribution in [2.75, 3.05) is 13.2 Å². The van der Waals surface area contributed by atoms with Crippen molar-refractivity contribution in [3.05, 3.63) is 29.0 Å². The van der Waals surface area contributed by atoms with Crippen molar-refractivity contribution in [2.45, 2.75) is 25.3 Å². The molecule has 1 aromatic heterocycles. The summed E-state index contributed by atoms with van der Waals surface area (Å²) in [6.45, 7) is 1.79. The molecule has 7 heteroatoms. The molecule has 0 radical (unpaired) electrons. The van der Waals surface area contributed by atoms with E-state index < -0.39 is 13.0 Å². The van der Waals surface area contributed by atoms with Gasteiger partial charge >= 0.3 is 0 Å². The van der Waals surface area contributed by atoms with Crippen LogP contribution in [0.1, 0.15) is 18.1 Å². The molecule has 0 saturated carbocycles. The Hall–Kier alpha value is -0.910. The van der Waals surface area contributed by atoms with Gasteiger partial charge in [0, 0.05) is 6.54 Å². The molecule has 2 rings (SSSR count). The molecule has 0 amide bonds. The lowest BCUT2D eigenvalue weighted by Crippen LogP contribution is -2.12. The third-order valence-electron chi connectivity index (χ3n) is 2.82. The molecule has 1 atom stereocenters. The van der Waals surface area contributed by atoms with E-state index in [0.29, 0.717) is 22.9 Å². The molecule has 110 valence electrons. The standard InChI is InChI=1S/C13H14Cl2F2N2O/c1-8(14)13-18-12-9(15)3-2-4-10(12)19(13)5-6-20-7-11(16)17/h2-4,8,11H,5-7H2,1H3. The summed E-state index contributed by atoms with van der Waals surface area (Å²) >= 11 is 12.2. The van der Waals surface area contributed by atoms with Gasteiger partial charge in [0.1, 0.15) is 17.9 Å². The highest BCUT2D eigenvalue weighted by molar-refractivity contribution is 6.35. The van der Waals surface area contributed by atoms with Crippen molar-refractivity contribution in [3.8, 4) is 0 Å². The number of nitrogens with zero attached hydrogens (tertiary/aromatic N) is 2. The number of benzene rings is 1. The third kappa shape index (κ3) is 3.40. The summed E-state index contributed by atoms with van der Waals surface area (Å²) < 4.78 is 30.8. The van der Waals surface area contributed by atoms with Crippen LogP contribution in [0.4, 0.5) is 8.78 Å². The molecule has 0 spiro atoms. The number of hydrogen-bond donors (Lipinski definition) is 0. The van der Waals surface area contributed by atoms with E-state index in [1.54, 1.807) is 13.0 Å². The fourth-order valence-electron chi connectivity index (χ4n) is 2.00. The van der Waals surface area contributed by atoms with E-state index in [1.807, 2.05) is 16.7 Å². The maximum Gasteiger partial charge on any atom is 0.261 e. The molecule has 0 aliphatic rings. The van der Waals surface area contributed by atoms with Gasteiger partial charge in [0.2, 0.25) is 0 Å². The summed E-state index contributed by atoms with van der Waals surface area (Å²) in [6, 6.07) is 5.42. The van der Waals surface area contributed by atoms with E-state index in [-0.39, 0.29) is 12.0 Å². The van der Waals surface area contributed by atoms with Crippen LogP contribution < -0.4 is 0 Å². The van der Waals surface area contributed by atoms with Crippen LogP contribution in [0.5, 0.6) is 0 Å². The predicted molar refractivity (Wildman–Crippen MR) is 75.8 cm³/mol. The Morgan fingerprint density at radius 1 is 1.40 bits per heavy atom. The van der Waals surface area contributed by atoms with E-state index in [4.69, 9.17) is 27.9 Å². The zero-order valence-corrected chi connectivity index (χ0v) is 12.3. The van der Waals surface area contributed by atoms with Crippen LogP contribution in [-0.4, -0.2) is 29.2 Å². The van der Waals surface area contributed by atoms with Gasteiger partial charge in [-0.1, -0.05) is 17.7 Å². The number of ether oxygens (including phenoxy) is 1. The fraction of sp³-hybridized carbons (Fsp3) is 0.462. The van der Waals surface area contributed by atoms with Gasteiger partial charge in [-0.3, -0.25) is 0 Å². The molecule has 0 saturated heterocycles. The second-order valence-corrected chi connectivity index (χ2v) is 5.37. The molecule has 1 heterocycles. The Morgan fingerprint density at radius 2 is 2.15 bits per heavy atom. The molecule has 0 fully saturated rings. The topological polar surface area (TPSA) is 27.1 Å². The largest absolute Gasteiger partial charge is 0.374 e. The second-order valence-electron chi connectivity index (χ2n) is 4.31. The van der Waals surface area contributed by atoms with Gasteiger partial charge < -0.3 is 9.30 Å². The van der Waals surface area contributed by atoms with E-state index >= 15 is 0 Å². The summed E-state index contributed by atoms with van der Waals surface area (Å²) in [5, 5.41) is 0.224. The first kappa shape index (κ1) is 15.5. The lowest BCUT2D eigenvalue weighted by Gasteiger charge is -2.10. The van der Waals surface area contributed by atoms with Gasteiger partial charge in [-0.25, -0.2) is 13.8 Å². The smallest absolute Gasteiger partial charge is 0.261 e. The summed E-state index contributed by atoms with van der Waals surface area (Å²) in [5.74, 6) is 0.649. The Morgan fingerprint density at radius 3 is 2.80 bits per heavy atom. The lowest BCUT2D eigenvalue weighted by molar-refractivity contribution is 0.0148. The van der Waals surface area contributed by atoms with Gasteiger partial charge in [-0.15, -0.1) is 11.6 Å². The number of halogens is 4. The maximum atomic E-state index is 12.0. The average molecular weight is 323 g/mol. The zero-order chi connectivity index (χ0) is 14.7. The van der Waals surface area contributed by atoms with Crippen LogP contribution in [0.3, 0.4) is 0 Å². The van der Waals surface area contributed by atoms with Crippen molar-refractivity contribution >= 4 is 34.2 Å². The number of hydrogen-bond acceptors (Lipinski definition) is 2. The summed E-state index contributed by atoms with van der Waals surface area (Å²) in [4.78, 5) is 4.42. The molecular formula is C13H14Cl2F2N2O. The Kier molecular flexibility index (Phi) is 5.18. The van der Waals surface area contributed by atoms with Gasteiger partial charge in [0.25, 0.3) is 6.43 Å². The predicted octanol–water partition coefficient (Wildman–Crippen LogP) is 4.27. The summed E-state index contributed by atoms with van der Waals surface area (Å²) in [6.07, 6.45) is -2.46. The van der Waals surface area contributed by atoms with Crippen LogP contribution in [-0.2, 0) is 11.3 Å². The molecule has 2 aromatic rings. The van der Waals surface area contributed by atoms with Gasteiger partial charge in [0.15, 0.2) is 0 Å². The van der Waals surface area contributed by atoms with Crippen molar-refractivity contribution in [1.29, 1.82) is 0 Å². The molecule has 0 N–H and O–H groups in total. The molecule has 0 bridgehead atoms. The highest BCUT2D eigenvalue weighted by atomic mass is 35.5. The van der Waals surface area contributed by atoms with Crippen LogP contribution in [0.2, 0.25) is 5.02 Å². The summed E-state index contributed by atoms with van der Waals surface area (Å²) in [7, 11) is 0. The van der Waals surface area contributed by atoms with E-state index in [2.05, 4.69) is 4.98 Å². The highest BCUT2D eigenvalue weighted by Crippen LogP contribution is 2.28. The van der Waals surface area contributed by atoms with Crippen LogP contribution >= 0.6 is 23.2 Å². The quantitative estimate of drug-likeness (QED) is 0.586. The number of para-hydroxylation sites is 1. The molecule has 3 nitrogen and oxygen atoms in total. The number of imidazole rings is 1. The van der Waals surface area contributed by atoms with Crippen molar-refractivity contribution in [3.63, 3.8) is 0 Å². The molecular weight excluding hydrogens is 309 g/mol. The minimum absolute atomic E-state index is 0.166. The Balaban J connectivity index is 2.25. The molecule has 1 unspecified atom stereocenters. The van der Waals surface area contributed by atoms with Gasteiger partial charge in [0.05, 0.1) is 22.5 Å². The minimum atomic E-state index is -2.46. The first-order valence-corrected chi connectivity index (χ1v) is 6.96. The number of alkyl halides is 3. The zero-order valence-electron chi connectivity index (χ0n) is 10.8. The van der Waals surface area contributed by atoms with Gasteiger partial charge in [-0.2, -0.15) is 0 Å². The molecule has 1 aromatic carbocycles. The minimum Gasteiger partial charge on any atom is -0.374 e. The van der Waals surface area contributed by atoms with E-state index in [0.717, 1.165) is 5.52 Å². The monoisotopic (exact) mass is 322 g/mol. The van der Waals surface area contributed by atoms with Crippen molar-refractivity contribution in [1.82, 2.24) is 9.55 Å². The van der Waals surface area contributed by atoms with E-state index in [1.165, 1.54) is 0 Å². The molecule has 0 aliphatic carbocycles. The third-order valence-corrected chi connectivity index (χ3v) is 3.32. The lowest BCUT2D eigenvalue weighted by atomic mass is 10.3. The number of fused-ring (bicyclic) bond motifs is 1. The van der Waals surface area contributed by atoms with Crippen molar-refractivity contribution < 1.29 is 13.5 Å².